The summed E-state index contributed by atoms with van der Waals surface area (Å²) in [4.78, 5) is 7.74. The molecule has 0 spiro atoms. The van der Waals surface area contributed by atoms with Crippen LogP contribution in [0, 0.1) is 6.92 Å². The maximum atomic E-state index is 3.48. The number of hydrogen-bond donors (Lipinski definition) is 1. The lowest BCUT2D eigenvalue weighted by molar-refractivity contribution is 0.0923. The van der Waals surface area contributed by atoms with Crippen LogP contribution in [0.25, 0.3) is 0 Å². The van der Waals surface area contributed by atoms with Gasteiger partial charge in [-0.3, -0.25) is 9.80 Å². The average molecular weight is 302 g/mol. The molecule has 1 unspecified atom stereocenters. The van der Waals surface area contributed by atoms with Gasteiger partial charge in [-0.05, 0) is 19.5 Å². The summed E-state index contributed by atoms with van der Waals surface area (Å²) in [5, 5.41) is 3.48. The van der Waals surface area contributed by atoms with E-state index in [0.717, 1.165) is 32.7 Å². The highest BCUT2D eigenvalue weighted by Crippen LogP contribution is 2.23. The summed E-state index contributed by atoms with van der Waals surface area (Å²) in [7, 11) is 2.23. The van der Waals surface area contributed by atoms with Crippen LogP contribution < -0.4 is 5.32 Å². The van der Waals surface area contributed by atoms with E-state index in [1.165, 1.54) is 37.3 Å². The molecule has 0 aliphatic carbocycles. The van der Waals surface area contributed by atoms with Crippen LogP contribution in [-0.2, 0) is 0 Å². The third-order valence-electron chi connectivity index (χ3n) is 5.08. The average Bonchev–Trinajstić information content (AvgIpc) is 2.56. The molecule has 4 nitrogen and oxygen atoms in total. The largest absolute Gasteiger partial charge is 0.314 e. The Balaban J connectivity index is 1.71. The molecule has 1 atom stereocenters. The van der Waals surface area contributed by atoms with Gasteiger partial charge < -0.3 is 10.2 Å². The maximum Gasteiger partial charge on any atom is 0.0476 e. The predicted molar refractivity (Wildman–Crippen MR) is 92.3 cm³/mol. The van der Waals surface area contributed by atoms with E-state index in [1.54, 1.807) is 0 Å². The number of hydrogen-bond acceptors (Lipinski definition) is 4. The number of aryl methyl sites for hydroxylation is 1. The van der Waals surface area contributed by atoms with Crippen LogP contribution in [-0.4, -0.2) is 80.7 Å². The van der Waals surface area contributed by atoms with Gasteiger partial charge in [-0.15, -0.1) is 0 Å². The van der Waals surface area contributed by atoms with Crippen molar-refractivity contribution >= 4 is 0 Å². The molecule has 0 saturated carbocycles. The Morgan fingerprint density at radius 1 is 0.955 bits per heavy atom. The number of likely N-dealkylation sites (N-methyl/N-ethyl adjacent to an activating group) is 1. The first-order valence-corrected chi connectivity index (χ1v) is 8.64. The molecule has 4 heteroatoms. The molecule has 2 saturated heterocycles. The summed E-state index contributed by atoms with van der Waals surface area (Å²) in [6.45, 7) is 12.7. The van der Waals surface area contributed by atoms with Gasteiger partial charge in [0.05, 0.1) is 0 Å². The van der Waals surface area contributed by atoms with Crippen LogP contribution in [0.3, 0.4) is 0 Å². The van der Waals surface area contributed by atoms with Gasteiger partial charge in [-0.25, -0.2) is 0 Å². The summed E-state index contributed by atoms with van der Waals surface area (Å²) >= 11 is 0. The second kappa shape index (κ2) is 7.55. The van der Waals surface area contributed by atoms with Crippen LogP contribution in [0.4, 0.5) is 0 Å². The first kappa shape index (κ1) is 15.9. The van der Waals surface area contributed by atoms with E-state index in [4.69, 9.17) is 0 Å². The number of nitrogens with one attached hydrogen (secondary N) is 1. The van der Waals surface area contributed by atoms with Crippen molar-refractivity contribution in [3.63, 3.8) is 0 Å². The summed E-state index contributed by atoms with van der Waals surface area (Å²) in [6.07, 6.45) is 0. The Kier molecular flexibility index (Phi) is 5.47. The zero-order valence-corrected chi connectivity index (χ0v) is 14.1. The van der Waals surface area contributed by atoms with Gasteiger partial charge in [0.25, 0.3) is 0 Å². The molecule has 1 aromatic rings. The summed E-state index contributed by atoms with van der Waals surface area (Å²) < 4.78 is 0. The van der Waals surface area contributed by atoms with E-state index in [0.29, 0.717) is 6.04 Å². The van der Waals surface area contributed by atoms with Gasteiger partial charge in [-0.2, -0.15) is 0 Å². The van der Waals surface area contributed by atoms with Gasteiger partial charge in [0, 0.05) is 64.9 Å². The van der Waals surface area contributed by atoms with Crippen LogP contribution in [0.15, 0.2) is 24.3 Å². The van der Waals surface area contributed by atoms with Crippen molar-refractivity contribution < 1.29 is 0 Å². The molecular formula is C18H30N4. The Morgan fingerprint density at radius 3 is 2.23 bits per heavy atom. The highest BCUT2D eigenvalue weighted by Gasteiger charge is 2.25. The molecule has 3 rings (SSSR count). The van der Waals surface area contributed by atoms with Crippen molar-refractivity contribution in [3.8, 4) is 0 Å². The van der Waals surface area contributed by atoms with Gasteiger partial charge in [0.15, 0.2) is 0 Å². The number of piperazine rings is 2. The highest BCUT2D eigenvalue weighted by molar-refractivity contribution is 5.24. The van der Waals surface area contributed by atoms with Gasteiger partial charge in [0.2, 0.25) is 0 Å². The maximum absolute atomic E-state index is 3.48. The molecule has 2 aliphatic heterocycles. The minimum absolute atomic E-state index is 0.533. The molecule has 2 fully saturated rings. The first-order valence-electron chi connectivity index (χ1n) is 8.64. The lowest BCUT2D eigenvalue weighted by Gasteiger charge is -2.40. The fraction of sp³-hybridized carbons (Fsp3) is 0.667. The van der Waals surface area contributed by atoms with Crippen molar-refractivity contribution in [2.75, 3.05) is 66.0 Å². The van der Waals surface area contributed by atoms with Crippen molar-refractivity contribution in [3.05, 3.63) is 35.4 Å². The monoisotopic (exact) mass is 302 g/mol. The van der Waals surface area contributed by atoms with Crippen molar-refractivity contribution in [2.24, 2.45) is 0 Å². The van der Waals surface area contributed by atoms with Crippen LogP contribution in [0.5, 0.6) is 0 Å². The highest BCUT2D eigenvalue weighted by atomic mass is 15.3. The lowest BCUT2D eigenvalue weighted by atomic mass is 10.0. The zero-order chi connectivity index (χ0) is 15.4. The van der Waals surface area contributed by atoms with Crippen LogP contribution in [0.1, 0.15) is 17.2 Å². The molecule has 22 heavy (non-hydrogen) atoms. The number of rotatable bonds is 4. The molecule has 1 N–H and O–H groups in total. The van der Waals surface area contributed by atoms with Crippen LogP contribution in [0.2, 0.25) is 0 Å². The van der Waals surface area contributed by atoms with E-state index in [2.05, 4.69) is 58.3 Å². The Hall–Kier alpha value is -0.940. The summed E-state index contributed by atoms with van der Waals surface area (Å²) in [5.74, 6) is 0. The first-order chi connectivity index (χ1) is 10.7. The predicted octanol–water partition coefficient (Wildman–Crippen LogP) is 1.19. The topological polar surface area (TPSA) is 21.8 Å². The Morgan fingerprint density at radius 2 is 1.59 bits per heavy atom. The number of nitrogens with zero attached hydrogens (tertiary/aromatic N) is 3. The summed E-state index contributed by atoms with van der Waals surface area (Å²) in [6, 6.07) is 9.71. The minimum atomic E-state index is 0.533. The quantitative estimate of drug-likeness (QED) is 0.902. The third-order valence-corrected chi connectivity index (χ3v) is 5.08. The Labute approximate surface area is 135 Å². The zero-order valence-electron chi connectivity index (χ0n) is 14.1. The normalized spacial score (nSPS) is 23.5. The SMILES string of the molecule is Cc1ccc(C(CN2CCN(C)CC2)N2CCNCC2)cc1. The Bertz CT molecular complexity index is 445. The minimum Gasteiger partial charge on any atom is -0.314 e. The van der Waals surface area contributed by atoms with Gasteiger partial charge in [-0.1, -0.05) is 29.8 Å². The van der Waals surface area contributed by atoms with Gasteiger partial charge >= 0.3 is 0 Å². The fourth-order valence-electron chi connectivity index (χ4n) is 3.49. The molecule has 0 aromatic heterocycles. The fourth-order valence-corrected chi connectivity index (χ4v) is 3.49. The molecule has 2 aliphatic rings. The second-order valence-electron chi connectivity index (χ2n) is 6.82. The molecule has 122 valence electrons. The summed E-state index contributed by atoms with van der Waals surface area (Å²) in [5.41, 5.74) is 2.83. The van der Waals surface area contributed by atoms with Crippen molar-refractivity contribution in [2.45, 2.75) is 13.0 Å². The van der Waals surface area contributed by atoms with E-state index in [1.807, 2.05) is 0 Å². The smallest absolute Gasteiger partial charge is 0.0476 e. The standard InChI is InChI=1S/C18H30N4/c1-16-3-5-17(6-4-16)18(22-9-7-19-8-10-22)15-21-13-11-20(2)12-14-21/h3-6,18-19H,7-15H2,1-2H3. The lowest BCUT2D eigenvalue weighted by Crippen LogP contribution is -2.51. The molecule has 0 radical (unpaired) electrons. The molecule has 0 bridgehead atoms. The second-order valence-corrected chi connectivity index (χ2v) is 6.82. The van der Waals surface area contributed by atoms with Crippen molar-refractivity contribution in [1.82, 2.24) is 20.0 Å². The van der Waals surface area contributed by atoms with E-state index >= 15 is 0 Å². The van der Waals surface area contributed by atoms with Crippen molar-refractivity contribution in [1.29, 1.82) is 0 Å². The van der Waals surface area contributed by atoms with E-state index in [-0.39, 0.29) is 0 Å². The molecule has 2 heterocycles. The van der Waals surface area contributed by atoms with Crippen LogP contribution >= 0.6 is 0 Å². The third kappa shape index (κ3) is 4.07. The van der Waals surface area contributed by atoms with E-state index < -0.39 is 0 Å². The van der Waals surface area contributed by atoms with Gasteiger partial charge in [0.1, 0.15) is 0 Å². The molecule has 1 aromatic carbocycles. The molecular weight excluding hydrogens is 272 g/mol. The van der Waals surface area contributed by atoms with E-state index in [9.17, 15) is 0 Å². The molecule has 0 amide bonds. The number of benzene rings is 1.